The van der Waals surface area contributed by atoms with Gasteiger partial charge in [-0.1, -0.05) is 0 Å². The first-order valence-corrected chi connectivity index (χ1v) is 5.72. The molecular weight excluding hydrogens is 186 g/mol. The number of hydrogen-bond acceptors (Lipinski definition) is 1. The number of rotatable bonds is 0. The Labute approximate surface area is 49.1 Å². The van der Waals surface area contributed by atoms with Crippen LogP contribution in [-0.2, 0) is 28.7 Å². The summed E-state index contributed by atoms with van der Waals surface area (Å²) in [7, 11) is 0. The first-order valence-electron chi connectivity index (χ1n) is 0.806. The molecule has 0 heterocycles. The van der Waals surface area contributed by atoms with Gasteiger partial charge in [-0.2, -0.15) is 0 Å². The Balaban J connectivity index is 0. The van der Waals surface area contributed by atoms with E-state index in [1.54, 1.807) is 0 Å². The van der Waals surface area contributed by atoms with Crippen LogP contribution < -0.4 is 0 Å². The van der Waals surface area contributed by atoms with Crippen LogP contribution in [0, 0.1) is 0 Å². The zero-order valence-corrected chi connectivity index (χ0v) is 6.10. The second kappa shape index (κ2) is 3.06. The summed E-state index contributed by atoms with van der Waals surface area (Å²) in [5, 5.41) is 0. The predicted octanol–water partition coefficient (Wildman–Crippen LogP) is -1.20. The Bertz CT molecular complexity index is 53.7. The minimum atomic E-state index is -3.55. The quantitative estimate of drug-likeness (QED) is 0.470. The van der Waals surface area contributed by atoms with Crippen molar-refractivity contribution in [1.82, 2.24) is 0 Å². The summed E-state index contributed by atoms with van der Waals surface area (Å²) in [4.78, 5) is 11.8. The van der Waals surface area contributed by atoms with Crippen molar-refractivity contribution in [2.24, 2.45) is 0 Å². The van der Waals surface area contributed by atoms with Gasteiger partial charge >= 0.3 is 43.4 Å². The van der Waals surface area contributed by atoms with E-state index in [9.17, 15) is 4.57 Å². The van der Waals surface area contributed by atoms with E-state index in [-0.39, 0.29) is 29.6 Å². The summed E-state index contributed by atoms with van der Waals surface area (Å²) in [6, 6.07) is 0. The molecule has 0 spiro atoms. The van der Waals surface area contributed by atoms with Gasteiger partial charge in [-0.05, 0) is 0 Å². The van der Waals surface area contributed by atoms with Gasteiger partial charge in [0.1, 0.15) is 0 Å². The molecule has 6 heteroatoms. The summed E-state index contributed by atoms with van der Waals surface area (Å²) in [6.45, 7) is 0. The van der Waals surface area contributed by atoms with Crippen molar-refractivity contribution in [3.63, 3.8) is 0 Å². The standard InChI is InChI=1S/HO3P.H2O.Zr/c1-4(2)3;;/h(H-,1,2,3);1H2;/q;;-1/p+1. The van der Waals surface area contributed by atoms with Crippen LogP contribution in [0.3, 0.4) is 0 Å². The van der Waals surface area contributed by atoms with Crippen LogP contribution >= 0.6 is 4.89 Å². The first-order chi connectivity index (χ1) is 2.00. The number of hydrogen-bond donors (Lipinski definition) is 2. The average Bonchev–Trinajstić information content (AvgIpc) is 0.722. The fourth-order valence-electron chi connectivity index (χ4n) is 0. The maximum atomic E-state index is 9.37. The van der Waals surface area contributed by atoms with E-state index in [4.69, 9.17) is 9.79 Å². The van der Waals surface area contributed by atoms with E-state index in [0.717, 1.165) is 0 Å². The summed E-state index contributed by atoms with van der Waals surface area (Å²) >= 11 is 0.284. The summed E-state index contributed by atoms with van der Waals surface area (Å²) in [6.07, 6.45) is 0. The third-order valence-corrected chi connectivity index (χ3v) is 0. The molecule has 0 bridgehead atoms. The van der Waals surface area contributed by atoms with Crippen LogP contribution in [0.25, 0.3) is 0 Å². The van der Waals surface area contributed by atoms with Gasteiger partial charge in [-0.3, -0.25) is 0 Å². The van der Waals surface area contributed by atoms with Crippen LogP contribution in [0.4, 0.5) is 0 Å². The van der Waals surface area contributed by atoms with Crippen molar-refractivity contribution in [1.29, 1.82) is 0 Å². The molecule has 4 nitrogen and oxygen atoms in total. The molecule has 0 saturated heterocycles. The summed E-state index contributed by atoms with van der Waals surface area (Å²) in [5.41, 5.74) is 0. The van der Waals surface area contributed by atoms with Gasteiger partial charge < -0.3 is 5.48 Å². The zero-order valence-electron chi connectivity index (χ0n) is 2.75. The SMILES string of the molecule is O.O=[P](O)(O)[Zr]. The van der Waals surface area contributed by atoms with E-state index >= 15 is 0 Å². The molecule has 0 rings (SSSR count). The Morgan fingerprint density at radius 3 is 1.50 bits per heavy atom. The van der Waals surface area contributed by atoms with Gasteiger partial charge in [-0.15, -0.1) is 0 Å². The van der Waals surface area contributed by atoms with Gasteiger partial charge in [-0.25, -0.2) is 0 Å². The van der Waals surface area contributed by atoms with Gasteiger partial charge in [0.25, 0.3) is 0 Å². The predicted molar refractivity (Wildman–Crippen MR) is 15.7 cm³/mol. The van der Waals surface area contributed by atoms with Crippen LogP contribution in [-0.4, -0.2) is 15.3 Å². The zero-order chi connectivity index (χ0) is 4.50. The monoisotopic (exact) mass is 189 g/mol. The van der Waals surface area contributed by atoms with Gasteiger partial charge in [0, 0.05) is 0 Å². The van der Waals surface area contributed by atoms with Crippen LogP contribution in [0.15, 0.2) is 0 Å². The molecule has 4 N–H and O–H groups in total. The topological polar surface area (TPSA) is 89.0 Å². The Hall–Kier alpha value is 0.993. The van der Waals surface area contributed by atoms with Crippen molar-refractivity contribution >= 4 is 4.89 Å². The van der Waals surface area contributed by atoms with Crippen molar-refractivity contribution < 1.29 is 44.0 Å². The molecule has 0 aromatic carbocycles. The van der Waals surface area contributed by atoms with Crippen LogP contribution in [0.5, 0.6) is 0 Å². The molecule has 0 atom stereocenters. The molecule has 0 aromatic rings. The van der Waals surface area contributed by atoms with Crippen LogP contribution in [0.1, 0.15) is 0 Å². The molecule has 37 valence electrons. The molecule has 0 amide bonds. The van der Waals surface area contributed by atoms with E-state index in [2.05, 4.69) is 0 Å². The molecule has 0 aromatic heterocycles. The maximum absolute atomic E-state index is 9.37. The normalized spacial score (nSPS) is 9.50. The van der Waals surface area contributed by atoms with Crippen molar-refractivity contribution in [3.05, 3.63) is 0 Å². The summed E-state index contributed by atoms with van der Waals surface area (Å²) in [5.74, 6) is 0. The van der Waals surface area contributed by atoms with Crippen molar-refractivity contribution in [2.45, 2.75) is 0 Å². The molecule has 0 aliphatic rings. The van der Waals surface area contributed by atoms with Gasteiger partial charge in [0.15, 0.2) is 0 Å². The average molecular weight is 190 g/mol. The third kappa shape index (κ3) is 80.7. The van der Waals surface area contributed by atoms with Crippen molar-refractivity contribution in [3.8, 4) is 0 Å². The molecule has 0 aliphatic heterocycles. The third-order valence-electron chi connectivity index (χ3n) is 0. The van der Waals surface area contributed by atoms with Gasteiger partial charge in [0.2, 0.25) is 0 Å². The molecule has 0 saturated carbocycles. The molecule has 6 heavy (non-hydrogen) atoms. The van der Waals surface area contributed by atoms with Crippen molar-refractivity contribution in [2.75, 3.05) is 0 Å². The van der Waals surface area contributed by atoms with E-state index < -0.39 is 4.89 Å². The molecule has 0 aliphatic carbocycles. The molecular formula is H4O4PZr. The fraction of sp³-hybridized carbons (Fsp3) is 0. The second-order valence-electron chi connectivity index (χ2n) is 0.544. The second-order valence-corrected chi connectivity index (χ2v) is 5.93. The first kappa shape index (κ1) is 10.1. The fourth-order valence-corrected chi connectivity index (χ4v) is 0. The Kier molecular flexibility index (Phi) is 5.13. The van der Waals surface area contributed by atoms with Crippen LogP contribution in [0.2, 0.25) is 0 Å². The van der Waals surface area contributed by atoms with E-state index in [1.807, 2.05) is 0 Å². The Morgan fingerprint density at radius 2 is 1.50 bits per heavy atom. The Morgan fingerprint density at radius 1 is 1.50 bits per heavy atom. The van der Waals surface area contributed by atoms with Gasteiger partial charge in [0.05, 0.1) is 0 Å². The molecule has 0 unspecified atom stereocenters. The van der Waals surface area contributed by atoms with E-state index in [1.165, 1.54) is 0 Å². The summed E-state index contributed by atoms with van der Waals surface area (Å²) < 4.78 is 9.37. The minimum absolute atomic E-state index is 0. The molecule has 0 fully saturated rings. The molecule has 0 radical (unpaired) electrons. The van der Waals surface area contributed by atoms with E-state index in [0.29, 0.717) is 0 Å².